The van der Waals surface area contributed by atoms with Gasteiger partial charge in [-0.25, -0.2) is 4.79 Å². The van der Waals surface area contributed by atoms with E-state index in [4.69, 9.17) is 0 Å². The van der Waals surface area contributed by atoms with Gasteiger partial charge >= 0.3 is 5.97 Å². The summed E-state index contributed by atoms with van der Waals surface area (Å²) < 4.78 is 0. The lowest BCUT2D eigenvalue weighted by Crippen LogP contribution is -2.25. The van der Waals surface area contributed by atoms with Crippen molar-refractivity contribution in [3.05, 3.63) is 32.7 Å². The van der Waals surface area contributed by atoms with Crippen molar-refractivity contribution in [1.29, 1.82) is 0 Å². The van der Waals surface area contributed by atoms with Gasteiger partial charge in [-0.1, -0.05) is 20.3 Å². The standard InChI is InChI=1S/C15H21NO3/c1-9(2)8-12-10-6-4-3-5-7-11(10)13(15(18)19)14(17)16-12/h9H,3-8H2,1-2H3,(H,16,17)(H,18,19). The highest BCUT2D eigenvalue weighted by Gasteiger charge is 2.23. The number of hydrogen-bond acceptors (Lipinski definition) is 2. The number of carboxylic acid groups (broad SMARTS) is 1. The summed E-state index contributed by atoms with van der Waals surface area (Å²) in [5, 5.41) is 9.27. The minimum Gasteiger partial charge on any atom is -0.477 e. The zero-order valence-electron chi connectivity index (χ0n) is 11.6. The van der Waals surface area contributed by atoms with Gasteiger partial charge in [0, 0.05) is 5.69 Å². The van der Waals surface area contributed by atoms with Crippen LogP contribution < -0.4 is 5.56 Å². The van der Waals surface area contributed by atoms with Gasteiger partial charge in [-0.3, -0.25) is 4.79 Å². The quantitative estimate of drug-likeness (QED) is 0.823. The molecule has 0 spiro atoms. The van der Waals surface area contributed by atoms with Crippen LogP contribution in [-0.4, -0.2) is 16.1 Å². The topological polar surface area (TPSA) is 70.2 Å². The summed E-state index contributed by atoms with van der Waals surface area (Å²) in [6, 6.07) is 0. The third-order valence-corrected chi connectivity index (χ3v) is 3.70. The first kappa shape index (κ1) is 13.8. The molecule has 19 heavy (non-hydrogen) atoms. The first-order valence-corrected chi connectivity index (χ1v) is 7.01. The Morgan fingerprint density at radius 2 is 1.84 bits per heavy atom. The lowest BCUT2D eigenvalue weighted by molar-refractivity contribution is 0.0693. The molecule has 1 aliphatic rings. The highest BCUT2D eigenvalue weighted by molar-refractivity contribution is 5.89. The van der Waals surface area contributed by atoms with E-state index in [1.807, 2.05) is 0 Å². The van der Waals surface area contributed by atoms with Crippen molar-refractivity contribution in [3.63, 3.8) is 0 Å². The van der Waals surface area contributed by atoms with Gasteiger partial charge in [0.1, 0.15) is 5.56 Å². The van der Waals surface area contributed by atoms with Gasteiger partial charge in [0.2, 0.25) is 0 Å². The van der Waals surface area contributed by atoms with E-state index in [1.54, 1.807) is 0 Å². The van der Waals surface area contributed by atoms with E-state index in [9.17, 15) is 14.7 Å². The Labute approximate surface area is 112 Å². The molecule has 0 atom stereocenters. The fraction of sp³-hybridized carbons (Fsp3) is 0.600. The fourth-order valence-electron chi connectivity index (χ4n) is 2.91. The third kappa shape index (κ3) is 2.88. The lowest BCUT2D eigenvalue weighted by atomic mass is 9.93. The second-order valence-electron chi connectivity index (χ2n) is 5.73. The molecule has 0 saturated heterocycles. The van der Waals surface area contributed by atoms with Crippen molar-refractivity contribution in [2.45, 2.75) is 52.4 Å². The van der Waals surface area contributed by atoms with Gasteiger partial charge in [-0.2, -0.15) is 0 Å². The number of carbonyl (C=O) groups is 1. The second-order valence-corrected chi connectivity index (χ2v) is 5.73. The van der Waals surface area contributed by atoms with Crippen LogP contribution in [0.1, 0.15) is 60.3 Å². The molecule has 0 aliphatic heterocycles. The van der Waals surface area contributed by atoms with E-state index in [0.717, 1.165) is 48.9 Å². The minimum absolute atomic E-state index is 0.0376. The summed E-state index contributed by atoms with van der Waals surface area (Å²) in [5.74, 6) is -0.658. The van der Waals surface area contributed by atoms with Gasteiger partial charge in [-0.15, -0.1) is 0 Å². The van der Waals surface area contributed by atoms with Crippen molar-refractivity contribution in [2.75, 3.05) is 0 Å². The van der Waals surface area contributed by atoms with Crippen LogP contribution in [0.2, 0.25) is 0 Å². The van der Waals surface area contributed by atoms with E-state index in [2.05, 4.69) is 18.8 Å². The molecule has 2 rings (SSSR count). The molecule has 2 N–H and O–H groups in total. The van der Waals surface area contributed by atoms with Crippen LogP contribution in [0.5, 0.6) is 0 Å². The lowest BCUT2D eigenvalue weighted by Gasteiger charge is -2.15. The van der Waals surface area contributed by atoms with E-state index < -0.39 is 11.5 Å². The number of carboxylic acids is 1. The molecule has 1 heterocycles. The van der Waals surface area contributed by atoms with Crippen LogP contribution in [0.25, 0.3) is 0 Å². The first-order valence-electron chi connectivity index (χ1n) is 7.01. The van der Waals surface area contributed by atoms with Crippen LogP contribution >= 0.6 is 0 Å². The molecule has 0 unspecified atom stereocenters. The molecule has 0 aromatic carbocycles. The first-order chi connectivity index (χ1) is 9.00. The van der Waals surface area contributed by atoms with E-state index >= 15 is 0 Å². The summed E-state index contributed by atoms with van der Waals surface area (Å²) in [7, 11) is 0. The highest BCUT2D eigenvalue weighted by Crippen LogP contribution is 2.25. The third-order valence-electron chi connectivity index (χ3n) is 3.70. The van der Waals surface area contributed by atoms with Gasteiger partial charge in [0.15, 0.2) is 0 Å². The minimum atomic E-state index is -1.10. The van der Waals surface area contributed by atoms with Crippen LogP contribution in [0, 0.1) is 5.92 Å². The van der Waals surface area contributed by atoms with Crippen molar-refractivity contribution in [3.8, 4) is 0 Å². The molecule has 1 aromatic rings. The van der Waals surface area contributed by atoms with E-state index in [0.29, 0.717) is 12.3 Å². The molecular weight excluding hydrogens is 242 g/mol. The Morgan fingerprint density at radius 3 is 2.42 bits per heavy atom. The van der Waals surface area contributed by atoms with Crippen molar-refractivity contribution < 1.29 is 9.90 Å². The number of aromatic carboxylic acids is 1. The molecular formula is C15H21NO3. The largest absolute Gasteiger partial charge is 0.477 e. The molecule has 0 amide bonds. The zero-order chi connectivity index (χ0) is 14.0. The maximum atomic E-state index is 12.0. The Balaban J connectivity index is 2.63. The number of hydrogen-bond donors (Lipinski definition) is 2. The molecule has 0 bridgehead atoms. The predicted molar refractivity (Wildman–Crippen MR) is 73.8 cm³/mol. The summed E-state index contributed by atoms with van der Waals surface area (Å²) in [5.41, 5.74) is 2.34. The van der Waals surface area contributed by atoms with Gasteiger partial charge in [0.05, 0.1) is 0 Å². The Hall–Kier alpha value is -1.58. The Kier molecular flexibility index (Phi) is 4.08. The predicted octanol–water partition coefficient (Wildman–Crippen LogP) is 2.54. The normalized spacial score (nSPS) is 15.1. The molecule has 4 nitrogen and oxygen atoms in total. The SMILES string of the molecule is CC(C)Cc1[nH]c(=O)c(C(=O)O)c2c1CCCCC2. The average Bonchev–Trinajstić information content (AvgIpc) is 2.53. The van der Waals surface area contributed by atoms with E-state index in [1.165, 1.54) is 0 Å². The summed E-state index contributed by atoms with van der Waals surface area (Å²) in [6.07, 6.45) is 5.54. The molecule has 1 aromatic heterocycles. The van der Waals surface area contributed by atoms with Crippen molar-refractivity contribution in [1.82, 2.24) is 4.98 Å². The van der Waals surface area contributed by atoms with Crippen LogP contribution in [0.4, 0.5) is 0 Å². The van der Waals surface area contributed by atoms with E-state index in [-0.39, 0.29) is 5.56 Å². The van der Waals surface area contributed by atoms with Crippen LogP contribution in [0.15, 0.2) is 4.79 Å². The highest BCUT2D eigenvalue weighted by atomic mass is 16.4. The zero-order valence-corrected chi connectivity index (χ0v) is 11.6. The summed E-state index contributed by atoms with van der Waals surface area (Å²) in [4.78, 5) is 26.1. The number of nitrogens with one attached hydrogen (secondary N) is 1. The number of H-pyrrole nitrogens is 1. The fourth-order valence-corrected chi connectivity index (χ4v) is 2.91. The molecule has 0 saturated carbocycles. The van der Waals surface area contributed by atoms with Crippen LogP contribution in [-0.2, 0) is 19.3 Å². The maximum absolute atomic E-state index is 12.0. The number of pyridine rings is 1. The maximum Gasteiger partial charge on any atom is 0.341 e. The molecule has 104 valence electrons. The number of fused-ring (bicyclic) bond motifs is 1. The number of aromatic amines is 1. The smallest absolute Gasteiger partial charge is 0.341 e. The summed E-state index contributed by atoms with van der Waals surface area (Å²) in [6.45, 7) is 4.21. The van der Waals surface area contributed by atoms with Crippen molar-refractivity contribution in [2.24, 2.45) is 5.92 Å². The molecule has 0 fully saturated rings. The second kappa shape index (κ2) is 5.59. The molecule has 0 radical (unpaired) electrons. The molecule has 1 aliphatic carbocycles. The monoisotopic (exact) mass is 263 g/mol. The van der Waals surface area contributed by atoms with Crippen molar-refractivity contribution >= 4 is 5.97 Å². The Morgan fingerprint density at radius 1 is 1.21 bits per heavy atom. The number of rotatable bonds is 3. The average molecular weight is 263 g/mol. The van der Waals surface area contributed by atoms with Crippen LogP contribution in [0.3, 0.4) is 0 Å². The van der Waals surface area contributed by atoms with Gasteiger partial charge in [-0.05, 0) is 49.1 Å². The Bertz CT molecular complexity index is 543. The van der Waals surface area contributed by atoms with Gasteiger partial charge < -0.3 is 10.1 Å². The summed E-state index contributed by atoms with van der Waals surface area (Å²) >= 11 is 0. The van der Waals surface area contributed by atoms with Gasteiger partial charge in [0.25, 0.3) is 5.56 Å². The number of aromatic nitrogens is 1. The molecule has 4 heteroatoms.